The van der Waals surface area contributed by atoms with E-state index in [1.54, 1.807) is 0 Å². The number of carbonyl (C=O) groups excluding carboxylic acids is 1. The van der Waals surface area contributed by atoms with Crippen molar-refractivity contribution in [3.63, 3.8) is 0 Å². The fraction of sp³-hybridized carbons (Fsp3) is 0.522. The number of fused-ring (bicyclic) bond motifs is 1. The van der Waals surface area contributed by atoms with Crippen LogP contribution in [0.5, 0.6) is 0 Å². The van der Waals surface area contributed by atoms with Crippen molar-refractivity contribution in [3.05, 3.63) is 47.8 Å². The van der Waals surface area contributed by atoms with E-state index in [2.05, 4.69) is 54.7 Å². The Balaban J connectivity index is 1.20. The van der Waals surface area contributed by atoms with Gasteiger partial charge >= 0.3 is 0 Å². The molecule has 2 aliphatic rings. The van der Waals surface area contributed by atoms with Crippen molar-refractivity contribution in [2.24, 2.45) is 0 Å². The van der Waals surface area contributed by atoms with Crippen LogP contribution in [0, 0.1) is 0 Å². The zero-order valence-electron chi connectivity index (χ0n) is 18.2. The molecule has 1 fully saturated rings. The van der Waals surface area contributed by atoms with Crippen molar-refractivity contribution in [1.82, 2.24) is 20.2 Å². The molecule has 31 heavy (non-hydrogen) atoms. The molecule has 1 atom stereocenters. The van der Waals surface area contributed by atoms with E-state index in [1.807, 2.05) is 13.1 Å². The number of aliphatic hydroxyl groups is 1. The van der Waals surface area contributed by atoms with Crippen LogP contribution >= 0.6 is 0 Å². The number of aromatic nitrogens is 2. The van der Waals surface area contributed by atoms with Gasteiger partial charge in [-0.05, 0) is 36.9 Å². The molecule has 0 spiro atoms. The summed E-state index contributed by atoms with van der Waals surface area (Å²) in [6.07, 6.45) is 4.33. The molecule has 0 aliphatic carbocycles. The lowest BCUT2D eigenvalue weighted by atomic mass is 9.92. The minimum absolute atomic E-state index is 0.00163. The molecular formula is C23H32N6O2. The first-order valence-electron chi connectivity index (χ1n) is 11.1. The summed E-state index contributed by atoms with van der Waals surface area (Å²) in [5, 5.41) is 17.0. The van der Waals surface area contributed by atoms with Gasteiger partial charge in [-0.2, -0.15) is 0 Å². The van der Waals surface area contributed by atoms with Crippen LogP contribution in [0.25, 0.3) is 0 Å². The molecule has 1 saturated heterocycles. The topological polar surface area (TPSA) is 93.6 Å². The van der Waals surface area contributed by atoms with Crippen LogP contribution in [0.15, 0.2) is 36.7 Å². The van der Waals surface area contributed by atoms with E-state index in [4.69, 9.17) is 0 Å². The summed E-state index contributed by atoms with van der Waals surface area (Å²) in [4.78, 5) is 25.3. The highest BCUT2D eigenvalue weighted by Gasteiger charge is 2.34. The highest BCUT2D eigenvalue weighted by Crippen LogP contribution is 2.25. The molecular weight excluding hydrogens is 392 g/mol. The summed E-state index contributed by atoms with van der Waals surface area (Å²) in [5.74, 6) is 1.53. The second-order valence-corrected chi connectivity index (χ2v) is 8.62. The fourth-order valence-electron chi connectivity index (χ4n) is 4.49. The van der Waals surface area contributed by atoms with E-state index >= 15 is 0 Å². The fourth-order valence-corrected chi connectivity index (χ4v) is 4.49. The highest BCUT2D eigenvalue weighted by atomic mass is 16.3. The zero-order valence-corrected chi connectivity index (χ0v) is 18.2. The molecule has 0 radical (unpaired) electrons. The third-order valence-electron chi connectivity index (χ3n) is 6.19. The normalized spacial score (nSPS) is 21.0. The number of benzene rings is 1. The van der Waals surface area contributed by atoms with Gasteiger partial charge in [-0.15, -0.1) is 0 Å². The Kier molecular flexibility index (Phi) is 6.67. The molecule has 0 saturated carbocycles. The van der Waals surface area contributed by atoms with Gasteiger partial charge in [-0.1, -0.05) is 24.3 Å². The quantitative estimate of drug-likeness (QED) is 0.595. The van der Waals surface area contributed by atoms with Crippen LogP contribution < -0.4 is 15.5 Å². The van der Waals surface area contributed by atoms with E-state index in [9.17, 15) is 9.90 Å². The lowest BCUT2D eigenvalue weighted by Gasteiger charge is -2.39. The molecule has 1 aromatic carbocycles. The van der Waals surface area contributed by atoms with Crippen LogP contribution in [0.2, 0.25) is 0 Å². The second kappa shape index (κ2) is 9.62. The molecule has 1 amide bonds. The highest BCUT2D eigenvalue weighted by molar-refractivity contribution is 5.75. The standard InChI is InChI=1S/C23H32N6O2/c1-24-20-12-21(27-17-26-20)29-11-5-9-23(31,16-29)15-25-22(30)8-4-10-28-13-18-6-2-3-7-19(18)14-28/h2-3,6-7,12,17,31H,4-5,8-11,13-16H2,1H3,(H,25,30)(H,24,26,27)/t23-/m0/s1. The van der Waals surface area contributed by atoms with E-state index in [0.29, 0.717) is 19.4 Å². The first-order valence-corrected chi connectivity index (χ1v) is 11.1. The maximum absolute atomic E-state index is 12.4. The maximum atomic E-state index is 12.4. The Morgan fingerprint density at radius 3 is 2.74 bits per heavy atom. The molecule has 166 valence electrons. The molecule has 2 aromatic rings. The van der Waals surface area contributed by atoms with Crippen LogP contribution in [-0.2, 0) is 17.9 Å². The van der Waals surface area contributed by atoms with Gasteiger partial charge in [-0.3, -0.25) is 9.69 Å². The minimum Gasteiger partial charge on any atom is -0.386 e. The summed E-state index contributed by atoms with van der Waals surface area (Å²) >= 11 is 0. The zero-order chi connectivity index (χ0) is 21.7. The van der Waals surface area contributed by atoms with E-state index in [1.165, 1.54) is 17.5 Å². The van der Waals surface area contributed by atoms with Crippen molar-refractivity contribution < 1.29 is 9.90 Å². The number of carbonyl (C=O) groups is 1. The van der Waals surface area contributed by atoms with Crippen molar-refractivity contribution in [2.45, 2.75) is 44.4 Å². The van der Waals surface area contributed by atoms with Crippen LogP contribution in [0.4, 0.5) is 11.6 Å². The van der Waals surface area contributed by atoms with Gasteiger partial charge in [0.05, 0.1) is 5.60 Å². The summed E-state index contributed by atoms with van der Waals surface area (Å²) in [5.41, 5.74) is 1.83. The minimum atomic E-state index is -0.949. The molecule has 0 bridgehead atoms. The Hall–Kier alpha value is -2.71. The monoisotopic (exact) mass is 424 g/mol. The maximum Gasteiger partial charge on any atom is 0.220 e. The second-order valence-electron chi connectivity index (χ2n) is 8.62. The average Bonchev–Trinajstić information content (AvgIpc) is 3.21. The van der Waals surface area contributed by atoms with E-state index < -0.39 is 5.60 Å². The third-order valence-corrected chi connectivity index (χ3v) is 6.19. The summed E-state index contributed by atoms with van der Waals surface area (Å²) in [6.45, 7) is 4.37. The molecule has 3 N–H and O–H groups in total. The molecule has 1 aromatic heterocycles. The first kappa shape index (κ1) is 21.5. The molecule has 8 heteroatoms. The Bertz CT molecular complexity index is 882. The molecule has 8 nitrogen and oxygen atoms in total. The van der Waals surface area contributed by atoms with Crippen molar-refractivity contribution in [1.29, 1.82) is 0 Å². The van der Waals surface area contributed by atoms with Gasteiger partial charge in [-0.25, -0.2) is 9.97 Å². The number of hydrogen-bond acceptors (Lipinski definition) is 7. The van der Waals surface area contributed by atoms with Gasteiger partial charge < -0.3 is 20.6 Å². The number of nitrogens with one attached hydrogen (secondary N) is 2. The van der Waals surface area contributed by atoms with Gasteiger partial charge in [0.2, 0.25) is 5.91 Å². The summed E-state index contributed by atoms with van der Waals surface area (Å²) in [6, 6.07) is 10.4. The predicted molar refractivity (Wildman–Crippen MR) is 121 cm³/mol. The van der Waals surface area contributed by atoms with Gasteiger partial charge in [0.1, 0.15) is 18.0 Å². The van der Waals surface area contributed by atoms with Crippen LogP contribution in [0.3, 0.4) is 0 Å². The van der Waals surface area contributed by atoms with E-state index in [0.717, 1.165) is 50.7 Å². The lowest BCUT2D eigenvalue weighted by Crippen LogP contribution is -2.54. The first-order chi connectivity index (χ1) is 15.0. The van der Waals surface area contributed by atoms with E-state index in [-0.39, 0.29) is 12.5 Å². The van der Waals surface area contributed by atoms with Crippen molar-refractivity contribution in [2.75, 3.05) is 43.4 Å². The molecule has 2 aliphatic heterocycles. The van der Waals surface area contributed by atoms with Crippen LogP contribution in [-0.4, -0.2) is 64.7 Å². The lowest BCUT2D eigenvalue weighted by molar-refractivity contribution is -0.122. The number of piperidine rings is 1. The Morgan fingerprint density at radius 2 is 2.00 bits per heavy atom. The summed E-state index contributed by atoms with van der Waals surface area (Å²) in [7, 11) is 1.82. The van der Waals surface area contributed by atoms with Gasteiger partial charge in [0.25, 0.3) is 0 Å². The van der Waals surface area contributed by atoms with Gasteiger partial charge in [0.15, 0.2) is 0 Å². The number of hydrogen-bond donors (Lipinski definition) is 3. The van der Waals surface area contributed by atoms with Crippen molar-refractivity contribution >= 4 is 17.5 Å². The number of nitrogens with zero attached hydrogens (tertiary/aromatic N) is 4. The number of anilines is 2. The largest absolute Gasteiger partial charge is 0.386 e. The Labute approximate surface area is 183 Å². The number of amides is 1. The molecule has 0 unspecified atom stereocenters. The van der Waals surface area contributed by atoms with Gasteiger partial charge in [0, 0.05) is 52.3 Å². The SMILES string of the molecule is CNc1cc(N2CCC[C@](O)(CNC(=O)CCCN3Cc4ccccc4C3)C2)ncn1. The third kappa shape index (κ3) is 5.51. The average molecular weight is 425 g/mol. The Morgan fingerprint density at radius 1 is 1.23 bits per heavy atom. The number of rotatable bonds is 8. The van der Waals surface area contributed by atoms with Crippen LogP contribution in [0.1, 0.15) is 36.8 Å². The predicted octanol–water partition coefficient (Wildman–Crippen LogP) is 1.76. The molecule has 4 rings (SSSR count). The molecule has 3 heterocycles. The smallest absolute Gasteiger partial charge is 0.220 e. The van der Waals surface area contributed by atoms with Crippen molar-refractivity contribution in [3.8, 4) is 0 Å². The number of β-amino-alcohol motifs (C(OH)–C–C–N with tert-alkyl or cyclic N) is 1. The summed E-state index contributed by atoms with van der Waals surface area (Å²) < 4.78 is 0.